The van der Waals surface area contributed by atoms with Crippen LogP contribution in [0.25, 0.3) is 22.3 Å². The van der Waals surface area contributed by atoms with E-state index in [1.54, 1.807) is 0 Å². The number of rotatable bonds is 6. The van der Waals surface area contributed by atoms with Crippen LogP contribution < -0.4 is 18.5 Å². The van der Waals surface area contributed by atoms with Gasteiger partial charge < -0.3 is 36.8 Å². The first-order valence-corrected chi connectivity index (χ1v) is 9.47. The largest absolute Gasteiger partial charge is 0.740 e. The molecule has 0 aliphatic carbocycles. The average Bonchev–Trinajstić information content (AvgIpc) is 2.64. The number of hydrogen-bond acceptors (Lipinski definition) is 11. The Balaban J connectivity index is 2.35. The van der Waals surface area contributed by atoms with E-state index in [0.29, 0.717) is 0 Å². The maximum Gasteiger partial charge on any atom is 0.240 e. The molecule has 0 aliphatic heterocycles. The van der Waals surface area contributed by atoms with Gasteiger partial charge in [-0.2, -0.15) is 0 Å². The van der Waals surface area contributed by atoms with Crippen LogP contribution >= 0.6 is 0 Å². The number of phenolic OH excluding ortho intramolecular Hbond substituents is 2. The first-order valence-electron chi connectivity index (χ1n) is 7.47. The van der Waals surface area contributed by atoms with E-state index in [1.807, 2.05) is 0 Å². The maximum absolute atomic E-state index is 12.8. The Bertz CT molecular complexity index is 1200. The standard InChI is InChI=1S/C16H12O11S2/c1-24-8-5-10(18)13-12(6-8)25-15(16(14(13)19)27-29(22)23)7-2-3-9(17)11(4-7)26-28(20)21/h2-6,17-18H,1H3,(H,20,21)(H,22,23)/p-2. The Labute approximate surface area is 167 Å². The van der Waals surface area contributed by atoms with E-state index < -0.39 is 56.9 Å². The Morgan fingerprint density at radius 1 is 1.00 bits per heavy atom. The van der Waals surface area contributed by atoms with E-state index in [1.165, 1.54) is 19.2 Å². The molecule has 154 valence electrons. The summed E-state index contributed by atoms with van der Waals surface area (Å²) in [5.74, 6) is -2.69. The van der Waals surface area contributed by atoms with E-state index in [9.17, 15) is 32.5 Å². The number of hydrogen-bond donors (Lipinski definition) is 2. The summed E-state index contributed by atoms with van der Waals surface area (Å²) < 4.78 is 63.2. The first kappa shape index (κ1) is 20.6. The van der Waals surface area contributed by atoms with Crippen LogP contribution in [0.15, 0.2) is 39.5 Å². The van der Waals surface area contributed by atoms with Gasteiger partial charge in [0.1, 0.15) is 45.2 Å². The molecule has 2 atom stereocenters. The third-order valence-electron chi connectivity index (χ3n) is 3.67. The second-order valence-corrected chi connectivity index (χ2v) is 6.52. The quantitative estimate of drug-likeness (QED) is 0.524. The molecule has 0 amide bonds. The molecule has 0 aliphatic rings. The fraction of sp³-hybridized carbons (Fsp3) is 0.0625. The third-order valence-corrected chi connectivity index (χ3v) is 4.29. The monoisotopic (exact) mass is 442 g/mol. The summed E-state index contributed by atoms with van der Waals surface area (Å²) in [7, 11) is 1.31. The van der Waals surface area contributed by atoms with Gasteiger partial charge in [-0.3, -0.25) is 4.79 Å². The van der Waals surface area contributed by atoms with Crippen molar-refractivity contribution in [3.63, 3.8) is 0 Å². The molecule has 0 radical (unpaired) electrons. The van der Waals surface area contributed by atoms with Crippen LogP contribution in [-0.2, 0) is 22.7 Å². The topological polar surface area (TPSA) is 179 Å². The number of ether oxygens (including phenoxy) is 1. The van der Waals surface area contributed by atoms with Crippen LogP contribution in [0.2, 0.25) is 0 Å². The van der Waals surface area contributed by atoms with Crippen molar-refractivity contribution in [2.45, 2.75) is 0 Å². The molecule has 0 bridgehead atoms. The van der Waals surface area contributed by atoms with Crippen molar-refractivity contribution in [1.82, 2.24) is 0 Å². The molecule has 0 spiro atoms. The Morgan fingerprint density at radius 2 is 1.69 bits per heavy atom. The number of fused-ring (bicyclic) bond motifs is 1. The van der Waals surface area contributed by atoms with Crippen molar-refractivity contribution in [3.8, 4) is 40.1 Å². The van der Waals surface area contributed by atoms with E-state index in [4.69, 9.17) is 9.15 Å². The molecule has 2 aromatic carbocycles. The van der Waals surface area contributed by atoms with Gasteiger partial charge in [0.2, 0.25) is 11.2 Å². The van der Waals surface area contributed by atoms with Crippen molar-refractivity contribution >= 4 is 33.7 Å². The van der Waals surface area contributed by atoms with E-state index in [-0.39, 0.29) is 22.3 Å². The van der Waals surface area contributed by atoms with Crippen molar-refractivity contribution in [2.75, 3.05) is 7.11 Å². The summed E-state index contributed by atoms with van der Waals surface area (Å²) >= 11 is -6.20. The second kappa shape index (κ2) is 8.08. The molecular weight excluding hydrogens is 432 g/mol. The lowest BCUT2D eigenvalue weighted by Crippen LogP contribution is -2.12. The van der Waals surface area contributed by atoms with Gasteiger partial charge in [0.05, 0.1) is 7.11 Å². The van der Waals surface area contributed by atoms with Gasteiger partial charge in [-0.05, 0) is 18.2 Å². The summed E-state index contributed by atoms with van der Waals surface area (Å²) in [6.07, 6.45) is 0. The molecule has 0 saturated heterocycles. The number of aromatic hydroxyl groups is 2. The van der Waals surface area contributed by atoms with Gasteiger partial charge in [0.25, 0.3) is 0 Å². The molecule has 0 fully saturated rings. The van der Waals surface area contributed by atoms with Crippen LogP contribution in [0.5, 0.6) is 28.7 Å². The predicted octanol–water partition coefficient (Wildman–Crippen LogP) is 1.23. The average molecular weight is 442 g/mol. The first-order chi connectivity index (χ1) is 13.7. The number of phenols is 2. The van der Waals surface area contributed by atoms with Gasteiger partial charge >= 0.3 is 0 Å². The van der Waals surface area contributed by atoms with Gasteiger partial charge in [-0.1, -0.05) is 0 Å². The highest BCUT2D eigenvalue weighted by Gasteiger charge is 2.22. The molecule has 3 aromatic rings. The summed E-state index contributed by atoms with van der Waals surface area (Å²) in [5.41, 5.74) is -1.26. The highest BCUT2D eigenvalue weighted by Crippen LogP contribution is 2.39. The SMILES string of the molecule is COc1cc(O)c2c(=O)c(OS(=O)[O-])c(-c3ccc(O)c(OS(=O)[O-])c3)oc2c1. The van der Waals surface area contributed by atoms with E-state index >= 15 is 0 Å². The molecule has 1 heterocycles. The van der Waals surface area contributed by atoms with Crippen molar-refractivity contribution in [2.24, 2.45) is 0 Å². The van der Waals surface area contributed by atoms with Crippen LogP contribution in [0.1, 0.15) is 0 Å². The molecule has 0 saturated carbocycles. The lowest BCUT2D eigenvalue weighted by atomic mass is 10.1. The Morgan fingerprint density at radius 3 is 2.31 bits per heavy atom. The molecule has 3 rings (SSSR count). The maximum atomic E-state index is 12.8. The Hall–Kier alpha value is -3.13. The summed E-state index contributed by atoms with van der Waals surface area (Å²) in [6, 6.07) is 5.59. The fourth-order valence-corrected chi connectivity index (χ4v) is 3.07. The lowest BCUT2D eigenvalue weighted by Gasteiger charge is -2.14. The second-order valence-electron chi connectivity index (χ2n) is 5.37. The van der Waals surface area contributed by atoms with E-state index in [2.05, 4.69) is 8.37 Å². The third kappa shape index (κ3) is 4.17. The Kier molecular flexibility index (Phi) is 5.74. The highest BCUT2D eigenvalue weighted by atomic mass is 32.2. The van der Waals surface area contributed by atoms with Gasteiger partial charge in [-0.25, -0.2) is 8.42 Å². The molecule has 2 unspecified atom stereocenters. The molecule has 29 heavy (non-hydrogen) atoms. The number of methoxy groups -OCH3 is 1. The minimum absolute atomic E-state index is 0.0648. The fourth-order valence-electron chi connectivity index (χ4n) is 2.50. The van der Waals surface area contributed by atoms with E-state index in [0.717, 1.165) is 18.2 Å². The minimum Gasteiger partial charge on any atom is -0.740 e. The van der Waals surface area contributed by atoms with Crippen LogP contribution in [0.4, 0.5) is 0 Å². The zero-order valence-electron chi connectivity index (χ0n) is 14.3. The predicted molar refractivity (Wildman–Crippen MR) is 96.9 cm³/mol. The van der Waals surface area contributed by atoms with Gasteiger partial charge in [-0.15, -0.1) is 0 Å². The smallest absolute Gasteiger partial charge is 0.240 e. The van der Waals surface area contributed by atoms with Gasteiger partial charge in [0, 0.05) is 17.7 Å². The molecule has 13 heteroatoms. The summed E-state index contributed by atoms with van der Waals surface area (Å²) in [4.78, 5) is 12.8. The molecular formula is C16H10O11S2-2. The normalized spacial score (nSPS) is 13.1. The zero-order chi connectivity index (χ0) is 21.3. The molecule has 2 N–H and O–H groups in total. The number of benzene rings is 2. The van der Waals surface area contributed by atoms with Crippen LogP contribution in [0, 0.1) is 0 Å². The van der Waals surface area contributed by atoms with Crippen molar-refractivity contribution < 1.29 is 45.3 Å². The van der Waals surface area contributed by atoms with Gasteiger partial charge in [0.15, 0.2) is 17.3 Å². The lowest BCUT2D eigenvalue weighted by molar-refractivity contribution is 0.406. The highest BCUT2D eigenvalue weighted by molar-refractivity contribution is 7.74. The summed E-state index contributed by atoms with van der Waals surface area (Å²) in [6.45, 7) is 0. The minimum atomic E-state index is -3.18. The van der Waals surface area contributed by atoms with Crippen LogP contribution in [0.3, 0.4) is 0 Å². The zero-order valence-corrected chi connectivity index (χ0v) is 15.9. The molecule has 1 aromatic heterocycles. The molecule has 11 nitrogen and oxygen atoms in total. The van der Waals surface area contributed by atoms with Crippen molar-refractivity contribution in [3.05, 3.63) is 40.6 Å². The van der Waals surface area contributed by atoms with Crippen molar-refractivity contribution in [1.29, 1.82) is 0 Å². The summed E-state index contributed by atoms with van der Waals surface area (Å²) in [5, 5.41) is 19.4. The van der Waals surface area contributed by atoms with Crippen LogP contribution in [-0.4, -0.2) is 34.8 Å².